The molecule has 2 aliphatic carbocycles. The molecular formula is C33H39ClF2N2O5. The number of aliphatic hydroxyl groups is 2. The molecule has 1 heterocycles. The first-order chi connectivity index (χ1) is 20.5. The number of halogens is 3. The van der Waals surface area contributed by atoms with Gasteiger partial charge in [0.25, 0.3) is 5.91 Å². The van der Waals surface area contributed by atoms with Gasteiger partial charge in [-0.3, -0.25) is 4.79 Å². The number of rotatable bonds is 9. The Hall–Kier alpha value is -2.82. The number of carbonyl (C=O) groups excluding carboxylic acids is 1. The first-order valence-electron chi connectivity index (χ1n) is 14.8. The van der Waals surface area contributed by atoms with E-state index in [0.29, 0.717) is 24.9 Å². The number of hydrogen-bond donors (Lipinski definition) is 4. The highest BCUT2D eigenvalue weighted by atomic mass is 35.5. The summed E-state index contributed by atoms with van der Waals surface area (Å²) in [5.74, 6) is -1.59. The van der Waals surface area contributed by atoms with E-state index in [1.165, 1.54) is 25.3 Å². The number of fused-ring (bicyclic) bond motifs is 1. The van der Waals surface area contributed by atoms with Crippen LogP contribution >= 0.6 is 11.6 Å². The molecule has 1 amide bonds. The van der Waals surface area contributed by atoms with Gasteiger partial charge < -0.3 is 30.3 Å². The number of nitrogens with one attached hydrogen (secondary N) is 2. The quantitative estimate of drug-likeness (QED) is 0.319. The summed E-state index contributed by atoms with van der Waals surface area (Å²) >= 11 is 6.66. The van der Waals surface area contributed by atoms with Gasteiger partial charge in [-0.15, -0.1) is 0 Å². The lowest BCUT2D eigenvalue weighted by molar-refractivity contribution is -0.116. The smallest absolute Gasteiger partial charge is 0.251 e. The zero-order valence-electron chi connectivity index (χ0n) is 24.6. The molecule has 1 saturated carbocycles. The molecule has 2 aromatic carbocycles. The summed E-state index contributed by atoms with van der Waals surface area (Å²) < 4.78 is 44.2. The van der Waals surface area contributed by atoms with Gasteiger partial charge in [0.05, 0.1) is 23.8 Å². The minimum absolute atomic E-state index is 0.00495. The fourth-order valence-corrected chi connectivity index (χ4v) is 6.86. The van der Waals surface area contributed by atoms with E-state index in [9.17, 15) is 15.0 Å². The number of ether oxygens (including phenoxy) is 2. The third kappa shape index (κ3) is 5.98. The van der Waals surface area contributed by atoms with Gasteiger partial charge in [-0.1, -0.05) is 61.0 Å². The van der Waals surface area contributed by atoms with Crippen molar-refractivity contribution in [3.8, 4) is 5.75 Å². The van der Waals surface area contributed by atoms with Crippen molar-refractivity contribution in [1.82, 2.24) is 10.6 Å². The van der Waals surface area contributed by atoms with E-state index in [0.717, 1.165) is 18.4 Å². The molecule has 5 rings (SSSR count). The molecule has 0 radical (unpaired) electrons. The molecule has 1 unspecified atom stereocenters. The molecule has 10 heteroatoms. The molecule has 2 aromatic rings. The Kier molecular flexibility index (Phi) is 9.30. The zero-order valence-corrected chi connectivity index (χ0v) is 25.4. The lowest BCUT2D eigenvalue weighted by Crippen LogP contribution is -2.49. The van der Waals surface area contributed by atoms with Gasteiger partial charge in [-0.25, -0.2) is 8.78 Å². The topological polar surface area (TPSA) is 100 Å². The molecule has 0 aromatic heterocycles. The number of likely N-dealkylation sites (N-methyl/N-ethyl adjacent to an activating group) is 1. The van der Waals surface area contributed by atoms with Crippen LogP contribution in [0.2, 0.25) is 5.02 Å². The van der Waals surface area contributed by atoms with E-state index in [4.69, 9.17) is 21.1 Å². The van der Waals surface area contributed by atoms with E-state index in [1.807, 2.05) is 44.2 Å². The second-order valence-corrected chi connectivity index (χ2v) is 12.3. The molecule has 1 fully saturated rings. The molecule has 43 heavy (non-hydrogen) atoms. The van der Waals surface area contributed by atoms with E-state index < -0.39 is 41.1 Å². The Bertz CT molecular complexity index is 1410. The molecule has 4 N–H and O–H groups in total. The Morgan fingerprint density at radius 3 is 2.58 bits per heavy atom. The monoisotopic (exact) mass is 616 g/mol. The van der Waals surface area contributed by atoms with Crippen LogP contribution in [-0.2, 0) is 15.1 Å². The highest BCUT2D eigenvalue weighted by Crippen LogP contribution is 2.55. The Morgan fingerprint density at radius 1 is 1.23 bits per heavy atom. The van der Waals surface area contributed by atoms with Crippen LogP contribution < -0.4 is 15.4 Å². The van der Waals surface area contributed by atoms with Crippen molar-refractivity contribution in [2.75, 3.05) is 26.8 Å². The first-order valence-corrected chi connectivity index (χ1v) is 15.1. The summed E-state index contributed by atoms with van der Waals surface area (Å²) in [6, 6.07) is 11.0. The fraction of sp³-hybridized carbons (Fsp3) is 0.485. The molecule has 232 valence electrons. The maximum Gasteiger partial charge on any atom is 0.251 e. The van der Waals surface area contributed by atoms with Gasteiger partial charge in [-0.2, -0.15) is 0 Å². The van der Waals surface area contributed by atoms with Gasteiger partial charge in [0.15, 0.2) is 11.8 Å². The van der Waals surface area contributed by atoms with Crippen LogP contribution in [0.5, 0.6) is 5.75 Å². The molecule has 0 spiro atoms. The van der Waals surface area contributed by atoms with Crippen molar-refractivity contribution in [2.24, 2.45) is 0 Å². The number of alkyl halides is 1. The molecule has 0 bridgehead atoms. The number of aliphatic hydroxyl groups excluding tert-OH is 1. The number of benzene rings is 2. The SMILES string of the molecule is CNC(=O)C1=C(c2c(Cl)c(F)cc3c2[C@H](C)[C@@](CNC2CCC(C)(O)CC2)(c2ccccc2)O3)C(F)[C@@H](OCCO)C=C1. The van der Waals surface area contributed by atoms with Crippen LogP contribution in [0.15, 0.2) is 54.1 Å². The standard InChI is InChI=1S/C33H39ClF2N2O5/c1-19-26-25(43-33(19,20-7-5-4-6-8-20)18-38-21-11-13-32(2,41)14-12-21)17-23(35)29(34)28(26)27-22(31(40)37-3)9-10-24(30(27)36)42-16-15-39/h4-10,17,19,21,24,30,38-39,41H,11-16,18H2,1-3H3,(H,37,40)/t19-,21?,24-,30?,32?,33-/m0/s1. The van der Waals surface area contributed by atoms with Crippen LogP contribution in [-0.4, -0.2) is 66.8 Å². The first kappa shape index (κ1) is 31.6. The van der Waals surface area contributed by atoms with Crippen molar-refractivity contribution in [3.05, 3.63) is 81.7 Å². The van der Waals surface area contributed by atoms with Crippen LogP contribution in [0, 0.1) is 5.82 Å². The van der Waals surface area contributed by atoms with Crippen molar-refractivity contribution in [2.45, 2.75) is 75.0 Å². The lowest BCUT2D eigenvalue weighted by atomic mass is 9.75. The van der Waals surface area contributed by atoms with E-state index in [2.05, 4.69) is 10.6 Å². The highest BCUT2D eigenvalue weighted by Gasteiger charge is 2.51. The van der Waals surface area contributed by atoms with Crippen molar-refractivity contribution in [3.63, 3.8) is 0 Å². The van der Waals surface area contributed by atoms with E-state index >= 15 is 8.78 Å². The summed E-state index contributed by atoms with van der Waals surface area (Å²) in [5.41, 5.74) is -0.355. The van der Waals surface area contributed by atoms with E-state index in [-0.39, 0.29) is 46.7 Å². The van der Waals surface area contributed by atoms with Crippen molar-refractivity contribution in [1.29, 1.82) is 0 Å². The van der Waals surface area contributed by atoms with Crippen LogP contribution in [0.3, 0.4) is 0 Å². The average molecular weight is 617 g/mol. The highest BCUT2D eigenvalue weighted by molar-refractivity contribution is 6.33. The van der Waals surface area contributed by atoms with E-state index in [1.54, 1.807) is 0 Å². The molecule has 1 aliphatic heterocycles. The van der Waals surface area contributed by atoms with Crippen LogP contribution in [0.1, 0.15) is 62.1 Å². The fourth-order valence-electron chi connectivity index (χ4n) is 6.60. The molecule has 3 aliphatic rings. The van der Waals surface area contributed by atoms with Crippen molar-refractivity contribution >= 4 is 23.1 Å². The van der Waals surface area contributed by atoms with Crippen molar-refractivity contribution < 1.29 is 33.3 Å². The van der Waals surface area contributed by atoms with Gasteiger partial charge >= 0.3 is 0 Å². The van der Waals surface area contributed by atoms with Gasteiger partial charge in [0.1, 0.15) is 17.7 Å². The molecule has 4 atom stereocenters. The number of carbonyl (C=O) groups is 1. The average Bonchev–Trinajstić information content (AvgIpc) is 3.28. The lowest BCUT2D eigenvalue weighted by Gasteiger charge is -2.38. The predicted octanol–water partition coefficient (Wildman–Crippen LogP) is 4.94. The summed E-state index contributed by atoms with van der Waals surface area (Å²) in [6.45, 7) is 3.72. The molecule has 0 saturated heterocycles. The third-order valence-electron chi connectivity index (χ3n) is 9.07. The minimum atomic E-state index is -1.88. The largest absolute Gasteiger partial charge is 0.480 e. The number of amides is 1. The Morgan fingerprint density at radius 2 is 1.93 bits per heavy atom. The Labute approximate surface area is 255 Å². The molecular weight excluding hydrogens is 578 g/mol. The normalized spacial score (nSPS) is 30.2. The summed E-state index contributed by atoms with van der Waals surface area (Å²) in [6.07, 6.45) is 2.80. The second kappa shape index (κ2) is 12.7. The predicted molar refractivity (Wildman–Crippen MR) is 161 cm³/mol. The summed E-state index contributed by atoms with van der Waals surface area (Å²) in [5, 5.41) is 25.6. The minimum Gasteiger partial charge on any atom is -0.480 e. The third-order valence-corrected chi connectivity index (χ3v) is 9.44. The summed E-state index contributed by atoms with van der Waals surface area (Å²) in [7, 11) is 1.43. The maximum absolute atomic E-state index is 16.4. The summed E-state index contributed by atoms with van der Waals surface area (Å²) in [4.78, 5) is 13.0. The second-order valence-electron chi connectivity index (χ2n) is 11.9. The Balaban J connectivity index is 1.62. The maximum atomic E-state index is 16.4. The van der Waals surface area contributed by atoms with Gasteiger partial charge in [-0.05, 0) is 38.2 Å². The molecule has 7 nitrogen and oxygen atoms in total. The number of hydrogen-bond acceptors (Lipinski definition) is 6. The van der Waals surface area contributed by atoms with Gasteiger partial charge in [0.2, 0.25) is 0 Å². The van der Waals surface area contributed by atoms with Crippen LogP contribution in [0.25, 0.3) is 5.57 Å². The zero-order chi connectivity index (χ0) is 30.9. The van der Waals surface area contributed by atoms with Crippen LogP contribution in [0.4, 0.5) is 8.78 Å². The van der Waals surface area contributed by atoms with Gasteiger partial charge in [0, 0.05) is 53.9 Å².